The van der Waals surface area contributed by atoms with E-state index in [0.717, 1.165) is 39.3 Å². The van der Waals surface area contributed by atoms with Gasteiger partial charge in [0.25, 0.3) is 0 Å². The molecule has 4 heterocycles. The third-order valence-electron chi connectivity index (χ3n) is 3.46. The van der Waals surface area contributed by atoms with Crippen molar-refractivity contribution < 1.29 is 0 Å². The first-order valence-corrected chi connectivity index (χ1v) is 6.58. The first-order chi connectivity index (χ1) is 10.2. The smallest absolute Gasteiger partial charge is 0.161 e. The molecule has 0 aromatic carbocycles. The SMILES string of the molecule is Cc1nn(C)c2ncc(Nc3n[nH]c4ncccc34)cc12. The van der Waals surface area contributed by atoms with Crippen molar-refractivity contribution in [3.8, 4) is 0 Å². The van der Waals surface area contributed by atoms with Crippen LogP contribution < -0.4 is 5.32 Å². The fraction of sp³-hybridized carbons (Fsp3) is 0.143. The lowest BCUT2D eigenvalue weighted by molar-refractivity contribution is 0.774. The van der Waals surface area contributed by atoms with Gasteiger partial charge in [0.05, 0.1) is 23.0 Å². The molecule has 4 aromatic heterocycles. The molecule has 0 bridgehead atoms. The van der Waals surface area contributed by atoms with Crippen LogP contribution in [0.2, 0.25) is 0 Å². The number of anilines is 2. The minimum Gasteiger partial charge on any atom is -0.337 e. The molecule has 0 aliphatic heterocycles. The van der Waals surface area contributed by atoms with E-state index in [2.05, 4.69) is 30.6 Å². The molecule has 0 fully saturated rings. The molecule has 7 nitrogen and oxygen atoms in total. The normalized spacial score (nSPS) is 11.3. The summed E-state index contributed by atoms with van der Waals surface area (Å²) in [5.74, 6) is 0.737. The second-order valence-electron chi connectivity index (χ2n) is 4.90. The number of fused-ring (bicyclic) bond motifs is 2. The monoisotopic (exact) mass is 279 g/mol. The lowest BCUT2D eigenvalue weighted by Gasteiger charge is -2.03. The second-order valence-corrected chi connectivity index (χ2v) is 4.90. The van der Waals surface area contributed by atoms with Crippen LogP contribution in [0, 0.1) is 6.92 Å². The van der Waals surface area contributed by atoms with Gasteiger partial charge in [0.2, 0.25) is 0 Å². The summed E-state index contributed by atoms with van der Waals surface area (Å²) in [4.78, 5) is 8.67. The van der Waals surface area contributed by atoms with Crippen molar-refractivity contribution >= 4 is 33.6 Å². The van der Waals surface area contributed by atoms with Crippen LogP contribution >= 0.6 is 0 Å². The molecule has 0 spiro atoms. The standard InChI is InChI=1S/C14H13N7/c1-8-11-6-9(7-16-14(11)21(2)20-8)17-13-10-4-3-5-15-12(10)18-19-13/h3-7H,1-2H3,(H2,15,17,18,19). The quantitative estimate of drug-likeness (QED) is 0.588. The highest BCUT2D eigenvalue weighted by Gasteiger charge is 2.09. The van der Waals surface area contributed by atoms with Crippen molar-refractivity contribution in [1.82, 2.24) is 29.9 Å². The Morgan fingerprint density at radius 1 is 1.24 bits per heavy atom. The molecule has 0 radical (unpaired) electrons. The Balaban J connectivity index is 1.78. The average molecular weight is 279 g/mol. The number of aromatic nitrogens is 6. The van der Waals surface area contributed by atoms with Crippen LogP contribution in [0.15, 0.2) is 30.6 Å². The van der Waals surface area contributed by atoms with Gasteiger partial charge in [-0.2, -0.15) is 10.2 Å². The van der Waals surface area contributed by atoms with Crippen LogP contribution in [0.25, 0.3) is 22.1 Å². The van der Waals surface area contributed by atoms with Crippen LogP contribution in [-0.2, 0) is 7.05 Å². The van der Waals surface area contributed by atoms with E-state index in [9.17, 15) is 0 Å². The summed E-state index contributed by atoms with van der Waals surface area (Å²) in [6.45, 7) is 1.97. The minimum absolute atomic E-state index is 0.737. The highest BCUT2D eigenvalue weighted by atomic mass is 15.3. The number of H-pyrrole nitrogens is 1. The summed E-state index contributed by atoms with van der Waals surface area (Å²) < 4.78 is 1.78. The van der Waals surface area contributed by atoms with Gasteiger partial charge in [-0.25, -0.2) is 9.97 Å². The van der Waals surface area contributed by atoms with Gasteiger partial charge < -0.3 is 5.32 Å². The lowest BCUT2D eigenvalue weighted by Crippen LogP contribution is -1.94. The van der Waals surface area contributed by atoms with Crippen molar-refractivity contribution in [3.63, 3.8) is 0 Å². The Bertz CT molecular complexity index is 950. The van der Waals surface area contributed by atoms with E-state index in [1.165, 1.54) is 0 Å². The molecule has 0 saturated carbocycles. The van der Waals surface area contributed by atoms with Gasteiger partial charge in [0.15, 0.2) is 17.1 Å². The third-order valence-corrected chi connectivity index (χ3v) is 3.46. The molecule has 0 aliphatic rings. The largest absolute Gasteiger partial charge is 0.337 e. The van der Waals surface area contributed by atoms with Crippen molar-refractivity contribution in [2.24, 2.45) is 7.05 Å². The van der Waals surface area contributed by atoms with Gasteiger partial charge in [-0.1, -0.05) is 0 Å². The fourth-order valence-corrected chi connectivity index (χ4v) is 2.46. The number of nitrogens with zero attached hydrogens (tertiary/aromatic N) is 5. The number of aryl methyl sites for hydroxylation is 2. The van der Waals surface area contributed by atoms with E-state index in [-0.39, 0.29) is 0 Å². The van der Waals surface area contributed by atoms with E-state index in [1.54, 1.807) is 17.1 Å². The minimum atomic E-state index is 0.737. The number of aromatic amines is 1. The predicted molar refractivity (Wildman–Crippen MR) is 80.4 cm³/mol. The molecule has 0 saturated heterocycles. The van der Waals surface area contributed by atoms with E-state index >= 15 is 0 Å². The molecule has 0 atom stereocenters. The van der Waals surface area contributed by atoms with E-state index in [0.29, 0.717) is 0 Å². The zero-order valence-corrected chi connectivity index (χ0v) is 11.6. The number of nitrogens with one attached hydrogen (secondary N) is 2. The highest BCUT2D eigenvalue weighted by Crippen LogP contribution is 2.25. The van der Waals surface area contributed by atoms with Crippen LogP contribution in [0.1, 0.15) is 5.69 Å². The van der Waals surface area contributed by atoms with Crippen molar-refractivity contribution in [2.45, 2.75) is 6.92 Å². The first kappa shape index (κ1) is 11.8. The van der Waals surface area contributed by atoms with Gasteiger partial charge in [-0.05, 0) is 25.1 Å². The predicted octanol–water partition coefficient (Wildman–Crippen LogP) is 2.29. The Morgan fingerprint density at radius 2 is 2.14 bits per heavy atom. The lowest BCUT2D eigenvalue weighted by atomic mass is 10.2. The first-order valence-electron chi connectivity index (χ1n) is 6.58. The summed E-state index contributed by atoms with van der Waals surface area (Å²) in [6, 6.07) is 5.88. The van der Waals surface area contributed by atoms with Crippen molar-refractivity contribution in [2.75, 3.05) is 5.32 Å². The molecule has 4 rings (SSSR count). The van der Waals surface area contributed by atoms with E-state index in [1.807, 2.05) is 32.2 Å². The van der Waals surface area contributed by atoms with Gasteiger partial charge in [0, 0.05) is 18.6 Å². The molecule has 21 heavy (non-hydrogen) atoms. The maximum atomic E-state index is 4.45. The van der Waals surface area contributed by atoms with E-state index in [4.69, 9.17) is 0 Å². The average Bonchev–Trinajstić information content (AvgIpc) is 3.02. The maximum absolute atomic E-state index is 4.45. The summed E-state index contributed by atoms with van der Waals surface area (Å²) in [6.07, 6.45) is 3.51. The number of rotatable bonds is 2. The maximum Gasteiger partial charge on any atom is 0.161 e. The van der Waals surface area contributed by atoms with Crippen LogP contribution in [0.5, 0.6) is 0 Å². The molecule has 7 heteroatoms. The Morgan fingerprint density at radius 3 is 3.05 bits per heavy atom. The van der Waals surface area contributed by atoms with Crippen LogP contribution in [0.3, 0.4) is 0 Å². The Hall–Kier alpha value is -2.96. The molecule has 0 unspecified atom stereocenters. The van der Waals surface area contributed by atoms with Gasteiger partial charge in [-0.3, -0.25) is 9.78 Å². The van der Waals surface area contributed by atoms with Gasteiger partial charge >= 0.3 is 0 Å². The molecule has 104 valence electrons. The molecule has 2 N–H and O–H groups in total. The number of pyridine rings is 2. The van der Waals surface area contributed by atoms with Crippen molar-refractivity contribution in [1.29, 1.82) is 0 Å². The zero-order valence-electron chi connectivity index (χ0n) is 11.6. The molecule has 0 amide bonds. The zero-order chi connectivity index (χ0) is 14.4. The summed E-state index contributed by atoms with van der Waals surface area (Å²) in [5, 5.41) is 16.8. The number of hydrogen-bond acceptors (Lipinski definition) is 5. The molecule has 0 aliphatic carbocycles. The molecular weight excluding hydrogens is 266 g/mol. The van der Waals surface area contributed by atoms with Gasteiger partial charge in [-0.15, -0.1) is 0 Å². The topological polar surface area (TPSA) is 84.3 Å². The third kappa shape index (κ3) is 1.82. The second kappa shape index (κ2) is 4.27. The Kier molecular flexibility index (Phi) is 2.41. The molecule has 4 aromatic rings. The molecular formula is C14H13N7. The van der Waals surface area contributed by atoms with E-state index < -0.39 is 0 Å². The van der Waals surface area contributed by atoms with Crippen molar-refractivity contribution in [3.05, 3.63) is 36.3 Å². The van der Waals surface area contributed by atoms with Crippen LogP contribution in [-0.4, -0.2) is 29.9 Å². The fourth-order valence-electron chi connectivity index (χ4n) is 2.46. The Labute approximate surface area is 120 Å². The van der Waals surface area contributed by atoms with Gasteiger partial charge in [0.1, 0.15) is 0 Å². The summed E-state index contributed by atoms with van der Waals surface area (Å²) in [7, 11) is 1.89. The number of hydrogen-bond donors (Lipinski definition) is 2. The summed E-state index contributed by atoms with van der Waals surface area (Å²) in [5.41, 5.74) is 3.45. The summed E-state index contributed by atoms with van der Waals surface area (Å²) >= 11 is 0. The van der Waals surface area contributed by atoms with Crippen LogP contribution in [0.4, 0.5) is 11.5 Å². The highest BCUT2D eigenvalue weighted by molar-refractivity contribution is 5.90.